The number of hydrogen-bond donors (Lipinski definition) is 0. The minimum absolute atomic E-state index is 0.134. The standard InChI is InChI=1S/C16H16N4O/c1-10-5-6-17-9-14(10)20-16-12(8-18-20)15(21)7-13(19-16)11-3-2-4-11/h5-6,8-9,11H,2-4,7H2,1H3. The van der Waals surface area contributed by atoms with Crippen LogP contribution in [0.1, 0.15) is 41.6 Å². The van der Waals surface area contributed by atoms with Gasteiger partial charge in [-0.05, 0) is 37.3 Å². The molecule has 0 saturated heterocycles. The van der Waals surface area contributed by atoms with Gasteiger partial charge in [0.15, 0.2) is 11.6 Å². The highest BCUT2D eigenvalue weighted by Gasteiger charge is 2.31. The molecule has 0 bridgehead atoms. The number of ketones is 1. The van der Waals surface area contributed by atoms with Gasteiger partial charge in [0.05, 0.1) is 30.1 Å². The molecule has 2 aromatic rings. The van der Waals surface area contributed by atoms with Crippen molar-refractivity contribution in [1.29, 1.82) is 0 Å². The number of aryl methyl sites for hydroxylation is 1. The van der Waals surface area contributed by atoms with Crippen LogP contribution in [-0.4, -0.2) is 26.3 Å². The normalized spacial score (nSPS) is 18.1. The van der Waals surface area contributed by atoms with Crippen molar-refractivity contribution in [2.45, 2.75) is 32.6 Å². The van der Waals surface area contributed by atoms with Gasteiger partial charge in [0.25, 0.3) is 0 Å². The first kappa shape index (κ1) is 12.4. The summed E-state index contributed by atoms with van der Waals surface area (Å²) in [6.07, 6.45) is 9.15. The van der Waals surface area contributed by atoms with Gasteiger partial charge in [-0.25, -0.2) is 9.67 Å². The molecule has 2 aromatic heterocycles. The molecular weight excluding hydrogens is 264 g/mol. The summed E-state index contributed by atoms with van der Waals surface area (Å²) in [5.74, 6) is 1.29. The molecule has 0 N–H and O–H groups in total. The van der Waals surface area contributed by atoms with E-state index in [0.29, 0.717) is 23.7 Å². The van der Waals surface area contributed by atoms with Gasteiger partial charge in [-0.3, -0.25) is 9.78 Å². The lowest BCUT2D eigenvalue weighted by Crippen LogP contribution is -2.26. The van der Waals surface area contributed by atoms with E-state index in [1.54, 1.807) is 23.3 Å². The number of aliphatic imine (C=N–C) groups is 1. The van der Waals surface area contributed by atoms with Crippen LogP contribution in [0.5, 0.6) is 0 Å². The molecule has 0 unspecified atom stereocenters. The van der Waals surface area contributed by atoms with Crippen LogP contribution in [0, 0.1) is 12.8 Å². The number of pyridine rings is 1. The lowest BCUT2D eigenvalue weighted by atomic mass is 9.79. The molecule has 21 heavy (non-hydrogen) atoms. The van der Waals surface area contributed by atoms with Crippen molar-refractivity contribution in [3.8, 4) is 5.69 Å². The van der Waals surface area contributed by atoms with Crippen LogP contribution in [-0.2, 0) is 0 Å². The summed E-state index contributed by atoms with van der Waals surface area (Å²) in [5, 5.41) is 4.37. The average Bonchev–Trinajstić information content (AvgIpc) is 2.82. The maximum Gasteiger partial charge on any atom is 0.173 e. The van der Waals surface area contributed by atoms with E-state index in [-0.39, 0.29) is 5.78 Å². The van der Waals surface area contributed by atoms with Crippen molar-refractivity contribution in [3.05, 3.63) is 35.8 Å². The summed E-state index contributed by atoms with van der Waals surface area (Å²) in [6, 6.07) is 1.94. The zero-order chi connectivity index (χ0) is 14.4. The van der Waals surface area contributed by atoms with Crippen LogP contribution >= 0.6 is 0 Å². The highest BCUT2D eigenvalue weighted by Crippen LogP contribution is 2.36. The molecule has 0 amide bonds. The van der Waals surface area contributed by atoms with Gasteiger partial charge in [0.2, 0.25) is 0 Å². The molecule has 5 nitrogen and oxygen atoms in total. The van der Waals surface area contributed by atoms with Crippen LogP contribution < -0.4 is 0 Å². The summed E-state index contributed by atoms with van der Waals surface area (Å²) in [4.78, 5) is 21.2. The Morgan fingerprint density at radius 3 is 2.86 bits per heavy atom. The molecule has 0 aromatic carbocycles. The van der Waals surface area contributed by atoms with Crippen LogP contribution in [0.25, 0.3) is 5.69 Å². The maximum absolute atomic E-state index is 12.3. The third-order valence-corrected chi connectivity index (χ3v) is 4.45. The Morgan fingerprint density at radius 2 is 2.14 bits per heavy atom. The van der Waals surface area contributed by atoms with E-state index in [1.807, 2.05) is 13.0 Å². The van der Waals surface area contributed by atoms with Gasteiger partial charge < -0.3 is 0 Å². The Balaban J connectivity index is 1.85. The van der Waals surface area contributed by atoms with Gasteiger partial charge in [-0.15, -0.1) is 0 Å². The molecule has 1 saturated carbocycles. The third kappa shape index (κ3) is 1.92. The predicted octanol–water partition coefficient (Wildman–Crippen LogP) is 3.03. The van der Waals surface area contributed by atoms with E-state index in [9.17, 15) is 4.79 Å². The number of nitrogens with zero attached hydrogens (tertiary/aromatic N) is 4. The summed E-state index contributed by atoms with van der Waals surface area (Å²) < 4.78 is 1.74. The summed E-state index contributed by atoms with van der Waals surface area (Å²) >= 11 is 0. The Kier molecular flexibility index (Phi) is 2.74. The fourth-order valence-corrected chi connectivity index (χ4v) is 2.91. The molecule has 2 aliphatic rings. The number of aromatic nitrogens is 3. The topological polar surface area (TPSA) is 60.1 Å². The zero-order valence-corrected chi connectivity index (χ0v) is 11.9. The van der Waals surface area contributed by atoms with E-state index >= 15 is 0 Å². The molecule has 1 fully saturated rings. The summed E-state index contributed by atoms with van der Waals surface area (Å²) in [5.41, 5.74) is 3.60. The number of carbonyl (C=O) groups is 1. The quantitative estimate of drug-likeness (QED) is 0.849. The second kappa shape index (κ2) is 4.62. The van der Waals surface area contributed by atoms with Crippen molar-refractivity contribution in [2.75, 3.05) is 0 Å². The van der Waals surface area contributed by atoms with Crippen molar-refractivity contribution >= 4 is 17.3 Å². The van der Waals surface area contributed by atoms with Gasteiger partial charge in [0, 0.05) is 11.9 Å². The molecule has 1 aliphatic heterocycles. The number of hydrogen-bond acceptors (Lipinski definition) is 4. The Bertz CT molecular complexity index is 755. The van der Waals surface area contributed by atoms with Crippen LogP contribution in [0.4, 0.5) is 5.82 Å². The Morgan fingerprint density at radius 1 is 1.29 bits per heavy atom. The lowest BCUT2D eigenvalue weighted by Gasteiger charge is -2.28. The Hall–Kier alpha value is -2.30. The smallest absolute Gasteiger partial charge is 0.173 e. The molecule has 3 heterocycles. The molecule has 1 aliphatic carbocycles. The average molecular weight is 280 g/mol. The first-order valence-corrected chi connectivity index (χ1v) is 7.33. The van der Waals surface area contributed by atoms with Crippen LogP contribution in [0.3, 0.4) is 0 Å². The van der Waals surface area contributed by atoms with Crippen LogP contribution in [0.15, 0.2) is 29.6 Å². The van der Waals surface area contributed by atoms with E-state index in [1.165, 1.54) is 6.42 Å². The SMILES string of the molecule is Cc1ccncc1-n1ncc2c1N=C(C1CCC1)CC2=O. The molecule has 5 heteroatoms. The molecule has 0 radical (unpaired) electrons. The molecular formula is C16H16N4O. The van der Waals surface area contributed by atoms with Gasteiger partial charge >= 0.3 is 0 Å². The summed E-state index contributed by atoms with van der Waals surface area (Å²) in [6.45, 7) is 2.01. The molecule has 0 atom stereocenters. The fourth-order valence-electron chi connectivity index (χ4n) is 2.91. The molecule has 106 valence electrons. The maximum atomic E-state index is 12.3. The van der Waals surface area contributed by atoms with E-state index in [0.717, 1.165) is 29.8 Å². The number of Topliss-reactive ketones (excluding diaryl/α,β-unsaturated/α-hetero) is 1. The van der Waals surface area contributed by atoms with E-state index in [2.05, 4.69) is 10.1 Å². The summed E-state index contributed by atoms with van der Waals surface area (Å²) in [7, 11) is 0. The van der Waals surface area contributed by atoms with Crippen molar-refractivity contribution in [3.63, 3.8) is 0 Å². The van der Waals surface area contributed by atoms with E-state index < -0.39 is 0 Å². The third-order valence-electron chi connectivity index (χ3n) is 4.45. The minimum atomic E-state index is 0.134. The van der Waals surface area contributed by atoms with Crippen molar-refractivity contribution in [1.82, 2.24) is 14.8 Å². The number of carbonyl (C=O) groups excluding carboxylic acids is 1. The highest BCUT2D eigenvalue weighted by atomic mass is 16.1. The van der Waals surface area contributed by atoms with E-state index in [4.69, 9.17) is 4.99 Å². The first-order chi connectivity index (χ1) is 10.2. The fraction of sp³-hybridized carbons (Fsp3) is 0.375. The lowest BCUT2D eigenvalue weighted by molar-refractivity contribution is 0.0997. The van der Waals surface area contributed by atoms with Crippen molar-refractivity contribution in [2.24, 2.45) is 10.9 Å². The second-order valence-electron chi connectivity index (χ2n) is 5.79. The van der Waals surface area contributed by atoms with Gasteiger partial charge in [-0.2, -0.15) is 5.10 Å². The minimum Gasteiger partial charge on any atom is -0.294 e. The Labute approximate surface area is 122 Å². The predicted molar refractivity (Wildman–Crippen MR) is 79.5 cm³/mol. The largest absolute Gasteiger partial charge is 0.294 e. The molecule has 0 spiro atoms. The van der Waals surface area contributed by atoms with Gasteiger partial charge in [0.1, 0.15) is 0 Å². The number of fused-ring (bicyclic) bond motifs is 1. The number of rotatable bonds is 2. The van der Waals surface area contributed by atoms with Crippen molar-refractivity contribution < 1.29 is 4.79 Å². The highest BCUT2D eigenvalue weighted by molar-refractivity contribution is 6.16. The zero-order valence-electron chi connectivity index (χ0n) is 11.9. The second-order valence-corrected chi connectivity index (χ2v) is 5.79. The monoisotopic (exact) mass is 280 g/mol. The van der Waals surface area contributed by atoms with Crippen LogP contribution in [0.2, 0.25) is 0 Å². The van der Waals surface area contributed by atoms with Gasteiger partial charge in [-0.1, -0.05) is 6.42 Å². The first-order valence-electron chi connectivity index (χ1n) is 7.33. The molecule has 4 rings (SSSR count).